The number of hydrogen-bond acceptors (Lipinski definition) is 5. The maximum Gasteiger partial charge on any atom is 0.136 e. The second-order valence-electron chi connectivity index (χ2n) is 3.66. The van der Waals surface area contributed by atoms with E-state index in [1.165, 1.54) is 0 Å². The fourth-order valence-electron chi connectivity index (χ4n) is 1.60. The Hall–Kier alpha value is -1.70. The van der Waals surface area contributed by atoms with Gasteiger partial charge < -0.3 is 31.2 Å². The lowest BCUT2D eigenvalue weighted by Gasteiger charge is -2.28. The minimum absolute atomic E-state index is 0.233. The minimum Gasteiger partial charge on any atom is -0.530 e. The van der Waals surface area contributed by atoms with Crippen LogP contribution in [0.5, 0.6) is 0 Å². The molecule has 1 amide bonds. The summed E-state index contributed by atoms with van der Waals surface area (Å²) in [5, 5.41) is 31.8. The van der Waals surface area contributed by atoms with Crippen LogP contribution in [-0.4, -0.2) is 33.6 Å². The summed E-state index contributed by atoms with van der Waals surface area (Å²) in [5.41, 5.74) is 5.82. The van der Waals surface area contributed by atoms with Crippen LogP contribution in [-0.2, 0) is 0 Å². The fraction of sp³-hybridized carbons (Fsp3) is 0.273. The molecule has 3 atom stereocenters. The lowest BCUT2D eigenvalue weighted by molar-refractivity contribution is -0.254. The average molecular weight is 269 g/mol. The van der Waals surface area contributed by atoms with Crippen molar-refractivity contribution in [1.82, 2.24) is 5.32 Å². The van der Waals surface area contributed by atoms with Gasteiger partial charge in [-0.25, -0.2) is 0 Å². The Morgan fingerprint density at radius 3 is 2.33 bits per heavy atom. The molecule has 7 heteroatoms. The number of benzene rings is 1. The number of aliphatic hydroxyl groups is 2. The first-order chi connectivity index (χ1) is 8.43. The second-order valence-corrected chi connectivity index (χ2v) is 4.13. The zero-order valence-electron chi connectivity index (χ0n) is 9.32. The van der Waals surface area contributed by atoms with Gasteiger partial charge in [-0.2, -0.15) is 0 Å². The number of amides is 1. The summed E-state index contributed by atoms with van der Waals surface area (Å²) in [4.78, 5) is 10.2. The first-order valence-corrected chi connectivity index (χ1v) is 5.52. The number of hydrogen-bond donors (Lipinski definition) is 4. The van der Waals surface area contributed by atoms with E-state index in [0.717, 1.165) is 0 Å². The van der Waals surface area contributed by atoms with Gasteiger partial charge in [0.2, 0.25) is 0 Å². The van der Waals surface area contributed by atoms with Crippen molar-refractivity contribution in [3.63, 3.8) is 0 Å². The molecule has 0 aliphatic carbocycles. The molecule has 0 saturated heterocycles. The predicted molar refractivity (Wildman–Crippen MR) is 66.5 cm³/mol. The molecule has 98 valence electrons. The molecule has 0 radical (unpaired) electrons. The standard InChI is InChI=1S/C11H14N2O4S/c12-9(18)8(14)7(10(15)13-11(16)17)6-4-2-1-3-5-6/h1-5,7-8,10,13-15H,(H2,12,18)(H,16,17)/p-1. The van der Waals surface area contributed by atoms with E-state index in [2.05, 4.69) is 12.2 Å². The summed E-state index contributed by atoms with van der Waals surface area (Å²) in [7, 11) is 0. The molecule has 1 aromatic rings. The minimum atomic E-state index is -1.65. The first kappa shape index (κ1) is 14.4. The van der Waals surface area contributed by atoms with Crippen molar-refractivity contribution in [2.24, 2.45) is 5.73 Å². The van der Waals surface area contributed by atoms with Gasteiger partial charge in [-0.1, -0.05) is 42.5 Å². The average Bonchev–Trinajstić information content (AvgIpc) is 2.29. The van der Waals surface area contributed by atoms with Crippen molar-refractivity contribution >= 4 is 23.3 Å². The Morgan fingerprint density at radius 2 is 1.89 bits per heavy atom. The summed E-state index contributed by atoms with van der Waals surface area (Å²) in [6.45, 7) is 0. The highest BCUT2D eigenvalue weighted by molar-refractivity contribution is 7.80. The topological polar surface area (TPSA) is 119 Å². The number of aliphatic hydroxyl groups excluding tert-OH is 2. The Bertz CT molecular complexity index is 426. The van der Waals surface area contributed by atoms with Gasteiger partial charge in [0.15, 0.2) is 0 Å². The molecule has 5 N–H and O–H groups in total. The summed E-state index contributed by atoms with van der Waals surface area (Å²) < 4.78 is 0. The van der Waals surface area contributed by atoms with Gasteiger partial charge >= 0.3 is 0 Å². The molecule has 6 nitrogen and oxygen atoms in total. The Kier molecular flexibility index (Phi) is 5.02. The zero-order chi connectivity index (χ0) is 13.7. The molecule has 0 aliphatic rings. The highest BCUT2D eigenvalue weighted by Crippen LogP contribution is 2.23. The van der Waals surface area contributed by atoms with Crippen molar-refractivity contribution < 1.29 is 20.1 Å². The molecule has 0 aliphatic heterocycles. The second kappa shape index (κ2) is 6.29. The first-order valence-electron chi connectivity index (χ1n) is 5.11. The van der Waals surface area contributed by atoms with Crippen LogP contribution in [0.1, 0.15) is 11.5 Å². The van der Waals surface area contributed by atoms with Gasteiger partial charge in [0.25, 0.3) is 0 Å². The summed E-state index contributed by atoms with van der Waals surface area (Å²) in [6.07, 6.45) is -4.59. The van der Waals surface area contributed by atoms with Crippen LogP contribution < -0.4 is 16.2 Å². The maximum atomic E-state index is 10.4. The van der Waals surface area contributed by atoms with Crippen molar-refractivity contribution in [3.8, 4) is 0 Å². The largest absolute Gasteiger partial charge is 0.530 e. The van der Waals surface area contributed by atoms with Crippen LogP contribution in [0.4, 0.5) is 4.79 Å². The third kappa shape index (κ3) is 3.66. The van der Waals surface area contributed by atoms with Crippen molar-refractivity contribution in [3.05, 3.63) is 35.9 Å². The summed E-state index contributed by atoms with van der Waals surface area (Å²) in [5.74, 6) is -0.999. The molecule has 18 heavy (non-hydrogen) atoms. The number of carboxylic acid groups (broad SMARTS) is 1. The molecule has 0 aromatic heterocycles. The van der Waals surface area contributed by atoms with E-state index in [9.17, 15) is 20.1 Å². The van der Waals surface area contributed by atoms with Gasteiger partial charge in [0, 0.05) is 0 Å². The molecule has 1 rings (SSSR count). The number of carbonyl (C=O) groups is 1. The third-order valence-electron chi connectivity index (χ3n) is 2.42. The summed E-state index contributed by atoms with van der Waals surface area (Å²) >= 11 is 4.65. The van der Waals surface area contributed by atoms with Gasteiger partial charge in [0.05, 0.1) is 5.92 Å². The predicted octanol–water partition coefficient (Wildman–Crippen LogP) is -1.33. The molecule has 0 spiro atoms. The number of nitrogens with one attached hydrogen (secondary N) is 1. The van der Waals surface area contributed by atoms with E-state index >= 15 is 0 Å². The Morgan fingerprint density at radius 1 is 1.33 bits per heavy atom. The van der Waals surface area contributed by atoms with E-state index in [0.29, 0.717) is 5.56 Å². The Balaban J connectivity index is 3.02. The molecule has 0 fully saturated rings. The molecule has 1 aromatic carbocycles. The third-order valence-corrected chi connectivity index (χ3v) is 2.66. The van der Waals surface area contributed by atoms with Crippen LogP contribution in [0.15, 0.2) is 30.3 Å². The molecule has 0 saturated carbocycles. The van der Waals surface area contributed by atoms with Crippen molar-refractivity contribution in [1.29, 1.82) is 0 Å². The normalized spacial score (nSPS) is 15.4. The lowest BCUT2D eigenvalue weighted by Crippen LogP contribution is -2.50. The monoisotopic (exact) mass is 269 g/mol. The number of carbonyl (C=O) groups excluding carboxylic acids is 1. The van der Waals surface area contributed by atoms with E-state index in [1.54, 1.807) is 35.6 Å². The van der Waals surface area contributed by atoms with Crippen molar-refractivity contribution in [2.75, 3.05) is 0 Å². The zero-order valence-corrected chi connectivity index (χ0v) is 10.1. The summed E-state index contributed by atoms with van der Waals surface area (Å²) in [6, 6.07) is 8.34. The molecule has 0 heterocycles. The molecular weight excluding hydrogens is 256 g/mol. The van der Waals surface area contributed by atoms with E-state index < -0.39 is 24.3 Å². The number of thiocarbonyl (C=S) groups is 1. The van der Waals surface area contributed by atoms with Crippen LogP contribution in [0.3, 0.4) is 0 Å². The number of rotatable bonds is 5. The van der Waals surface area contributed by atoms with Crippen LogP contribution in [0.25, 0.3) is 0 Å². The van der Waals surface area contributed by atoms with Crippen LogP contribution in [0.2, 0.25) is 0 Å². The fourth-order valence-corrected chi connectivity index (χ4v) is 1.75. The van der Waals surface area contributed by atoms with E-state index in [1.807, 2.05) is 0 Å². The van der Waals surface area contributed by atoms with E-state index in [-0.39, 0.29) is 4.99 Å². The van der Waals surface area contributed by atoms with Crippen LogP contribution in [0, 0.1) is 0 Å². The highest BCUT2D eigenvalue weighted by atomic mass is 32.1. The maximum absolute atomic E-state index is 10.4. The van der Waals surface area contributed by atoms with Crippen LogP contribution >= 0.6 is 12.2 Å². The van der Waals surface area contributed by atoms with Gasteiger partial charge in [0.1, 0.15) is 23.4 Å². The quantitative estimate of drug-likeness (QED) is 0.388. The molecular formula is C11H13N2O4S-. The van der Waals surface area contributed by atoms with E-state index in [4.69, 9.17) is 5.73 Å². The molecule has 0 bridgehead atoms. The van der Waals surface area contributed by atoms with Gasteiger partial charge in [-0.15, -0.1) is 0 Å². The number of nitrogens with two attached hydrogens (primary N) is 1. The molecule has 3 unspecified atom stereocenters. The van der Waals surface area contributed by atoms with Crippen molar-refractivity contribution in [2.45, 2.75) is 18.2 Å². The Labute approximate surface area is 109 Å². The highest BCUT2D eigenvalue weighted by Gasteiger charge is 2.30. The SMILES string of the molecule is NC(=S)C(O)C(c1ccccc1)C(O)NC(=O)[O-]. The smallest absolute Gasteiger partial charge is 0.136 e. The lowest BCUT2D eigenvalue weighted by atomic mass is 9.91. The van der Waals surface area contributed by atoms with Gasteiger partial charge in [-0.3, -0.25) is 0 Å². The van der Waals surface area contributed by atoms with Gasteiger partial charge in [-0.05, 0) is 5.56 Å².